The molecule has 0 atom stereocenters. The summed E-state index contributed by atoms with van der Waals surface area (Å²) in [5.41, 5.74) is 0.663. The minimum absolute atomic E-state index is 0.106. The molecule has 0 bridgehead atoms. The number of carbonyl (C=O) groups is 1. The molecule has 0 fully saturated rings. The Morgan fingerprint density at radius 2 is 1.80 bits per heavy atom. The number of likely N-dealkylation sites (N-methyl/N-ethyl adjacent to an activating group) is 1. The first kappa shape index (κ1) is 12.1. The van der Waals surface area contributed by atoms with Gasteiger partial charge in [0.25, 0.3) is 0 Å². The van der Waals surface area contributed by atoms with E-state index in [-0.39, 0.29) is 5.91 Å². The molecule has 0 aliphatic heterocycles. The van der Waals surface area contributed by atoms with Crippen LogP contribution in [0, 0.1) is 0 Å². The predicted octanol–water partition coefficient (Wildman–Crippen LogP) is 3.09. The largest absolute Gasteiger partial charge is 0.345 e. The van der Waals surface area contributed by atoms with Crippen LogP contribution in [-0.2, 0) is 4.79 Å². The van der Waals surface area contributed by atoms with E-state index in [0.717, 1.165) is 0 Å². The van der Waals surface area contributed by atoms with Crippen LogP contribution in [0.15, 0.2) is 24.3 Å². The lowest BCUT2D eigenvalue weighted by Crippen LogP contribution is -2.18. The number of hydrogen-bond donors (Lipinski definition) is 0. The molecule has 0 aromatic heterocycles. The summed E-state index contributed by atoms with van der Waals surface area (Å²) in [4.78, 5) is 12.8. The second-order valence-electron chi connectivity index (χ2n) is 3.20. The zero-order valence-corrected chi connectivity index (χ0v) is 10.0. The Morgan fingerprint density at radius 3 is 2.27 bits per heavy atom. The average molecular weight is 244 g/mol. The van der Waals surface area contributed by atoms with Crippen LogP contribution in [-0.4, -0.2) is 24.9 Å². The second kappa shape index (κ2) is 5.19. The fraction of sp³-hybridized carbons (Fsp3) is 0.182. The van der Waals surface area contributed by atoms with Crippen molar-refractivity contribution in [3.63, 3.8) is 0 Å². The van der Waals surface area contributed by atoms with Gasteiger partial charge in [0, 0.05) is 35.8 Å². The number of nitrogens with zero attached hydrogens (tertiary/aromatic N) is 1. The molecule has 0 saturated heterocycles. The van der Waals surface area contributed by atoms with E-state index in [1.165, 1.54) is 11.0 Å². The van der Waals surface area contributed by atoms with E-state index < -0.39 is 0 Å². The maximum Gasteiger partial charge on any atom is 0.246 e. The Kier molecular flexibility index (Phi) is 4.18. The van der Waals surface area contributed by atoms with Gasteiger partial charge in [-0.3, -0.25) is 4.79 Å². The number of hydrogen-bond acceptors (Lipinski definition) is 1. The van der Waals surface area contributed by atoms with E-state index in [2.05, 4.69) is 0 Å². The van der Waals surface area contributed by atoms with E-state index in [0.29, 0.717) is 15.6 Å². The van der Waals surface area contributed by atoms with Crippen LogP contribution >= 0.6 is 23.2 Å². The van der Waals surface area contributed by atoms with E-state index >= 15 is 0 Å². The minimum atomic E-state index is -0.106. The van der Waals surface area contributed by atoms with Crippen molar-refractivity contribution in [3.8, 4) is 0 Å². The van der Waals surface area contributed by atoms with Gasteiger partial charge in [-0.15, -0.1) is 0 Å². The Labute approximate surface area is 99.1 Å². The van der Waals surface area contributed by atoms with Crippen LogP contribution in [0.3, 0.4) is 0 Å². The first-order valence-corrected chi connectivity index (χ1v) is 5.11. The molecule has 0 radical (unpaired) electrons. The summed E-state index contributed by atoms with van der Waals surface area (Å²) in [7, 11) is 3.36. The molecule has 0 saturated carbocycles. The third-order valence-corrected chi connectivity index (χ3v) is 2.49. The zero-order chi connectivity index (χ0) is 11.4. The first-order valence-electron chi connectivity index (χ1n) is 4.35. The monoisotopic (exact) mass is 243 g/mol. The number of amides is 1. The van der Waals surface area contributed by atoms with Crippen LogP contribution in [0.1, 0.15) is 5.56 Å². The Morgan fingerprint density at radius 1 is 1.27 bits per heavy atom. The summed E-state index contributed by atoms with van der Waals surface area (Å²) in [5, 5.41) is 1.07. The van der Waals surface area contributed by atoms with Gasteiger partial charge >= 0.3 is 0 Å². The number of benzene rings is 1. The maximum atomic E-state index is 11.3. The summed E-state index contributed by atoms with van der Waals surface area (Å²) >= 11 is 11.9. The lowest BCUT2D eigenvalue weighted by molar-refractivity contribution is -0.123. The van der Waals surface area contributed by atoms with Crippen molar-refractivity contribution in [2.75, 3.05) is 14.1 Å². The quantitative estimate of drug-likeness (QED) is 0.732. The number of rotatable bonds is 2. The summed E-state index contributed by atoms with van der Waals surface area (Å²) in [6, 6.07) is 5.22. The maximum absolute atomic E-state index is 11.3. The predicted molar refractivity (Wildman–Crippen MR) is 64.2 cm³/mol. The molecule has 2 nitrogen and oxygen atoms in total. The van der Waals surface area contributed by atoms with Crippen LogP contribution < -0.4 is 0 Å². The second-order valence-corrected chi connectivity index (χ2v) is 4.02. The van der Waals surface area contributed by atoms with E-state index in [9.17, 15) is 4.79 Å². The molecule has 1 amide bonds. The highest BCUT2D eigenvalue weighted by molar-refractivity contribution is 6.37. The van der Waals surface area contributed by atoms with Gasteiger partial charge in [-0.05, 0) is 18.2 Å². The Bertz CT molecular complexity index is 379. The lowest BCUT2D eigenvalue weighted by Gasteiger charge is -2.06. The standard InChI is InChI=1S/C11H11Cl2NO/c1-14(2)11(15)7-6-8-9(12)4-3-5-10(8)13/h3-7H,1-2H3. The third-order valence-electron chi connectivity index (χ3n) is 1.83. The van der Waals surface area contributed by atoms with E-state index in [1.54, 1.807) is 38.4 Å². The van der Waals surface area contributed by atoms with Gasteiger partial charge in [0.05, 0.1) is 0 Å². The van der Waals surface area contributed by atoms with E-state index in [4.69, 9.17) is 23.2 Å². The molecule has 0 spiro atoms. The highest BCUT2D eigenvalue weighted by Gasteiger charge is 2.03. The van der Waals surface area contributed by atoms with Gasteiger partial charge < -0.3 is 4.90 Å². The van der Waals surface area contributed by atoms with Crippen molar-refractivity contribution in [1.29, 1.82) is 0 Å². The van der Waals surface area contributed by atoms with Crippen LogP contribution in [0.2, 0.25) is 10.0 Å². The smallest absolute Gasteiger partial charge is 0.246 e. The Balaban J connectivity index is 2.94. The molecule has 80 valence electrons. The van der Waals surface area contributed by atoms with Crippen molar-refractivity contribution in [2.45, 2.75) is 0 Å². The van der Waals surface area contributed by atoms with Gasteiger partial charge in [-0.2, -0.15) is 0 Å². The molecule has 4 heteroatoms. The van der Waals surface area contributed by atoms with Crippen molar-refractivity contribution in [2.24, 2.45) is 0 Å². The van der Waals surface area contributed by atoms with Gasteiger partial charge in [-0.1, -0.05) is 29.3 Å². The molecule has 15 heavy (non-hydrogen) atoms. The molecule has 0 aliphatic rings. The molecule has 0 aliphatic carbocycles. The van der Waals surface area contributed by atoms with Crippen molar-refractivity contribution >= 4 is 35.2 Å². The third kappa shape index (κ3) is 3.26. The van der Waals surface area contributed by atoms with Crippen LogP contribution in [0.4, 0.5) is 0 Å². The Hall–Kier alpha value is -0.990. The first-order chi connectivity index (χ1) is 7.02. The summed E-state index contributed by atoms with van der Waals surface area (Å²) < 4.78 is 0. The molecule has 1 aromatic rings. The highest BCUT2D eigenvalue weighted by Crippen LogP contribution is 2.25. The highest BCUT2D eigenvalue weighted by atomic mass is 35.5. The molecule has 0 heterocycles. The van der Waals surface area contributed by atoms with Gasteiger partial charge in [0.1, 0.15) is 0 Å². The number of carbonyl (C=O) groups excluding carboxylic acids is 1. The molecular formula is C11H11Cl2NO. The van der Waals surface area contributed by atoms with Gasteiger partial charge in [0.15, 0.2) is 0 Å². The fourth-order valence-corrected chi connectivity index (χ4v) is 1.50. The normalized spacial score (nSPS) is 10.7. The fourth-order valence-electron chi connectivity index (χ4n) is 0.974. The minimum Gasteiger partial charge on any atom is -0.345 e. The molecule has 0 unspecified atom stereocenters. The molecule has 1 aromatic carbocycles. The SMILES string of the molecule is CN(C)C(=O)C=Cc1c(Cl)cccc1Cl. The summed E-state index contributed by atoms with van der Waals surface area (Å²) in [6.45, 7) is 0. The summed E-state index contributed by atoms with van der Waals surface area (Å²) in [6.07, 6.45) is 3.06. The van der Waals surface area contributed by atoms with Crippen molar-refractivity contribution < 1.29 is 4.79 Å². The van der Waals surface area contributed by atoms with Crippen molar-refractivity contribution in [1.82, 2.24) is 4.90 Å². The molecule has 0 N–H and O–H groups in total. The van der Waals surface area contributed by atoms with E-state index in [1.807, 2.05) is 0 Å². The lowest BCUT2D eigenvalue weighted by atomic mass is 10.2. The molecule has 1 rings (SSSR count). The summed E-state index contributed by atoms with van der Waals surface area (Å²) in [5.74, 6) is -0.106. The zero-order valence-electron chi connectivity index (χ0n) is 8.50. The average Bonchev–Trinajstić information content (AvgIpc) is 2.16. The van der Waals surface area contributed by atoms with Crippen LogP contribution in [0.25, 0.3) is 6.08 Å². The van der Waals surface area contributed by atoms with Crippen LogP contribution in [0.5, 0.6) is 0 Å². The van der Waals surface area contributed by atoms with Gasteiger partial charge in [0.2, 0.25) is 5.91 Å². The topological polar surface area (TPSA) is 20.3 Å². The molecular weight excluding hydrogens is 233 g/mol. The van der Waals surface area contributed by atoms with Gasteiger partial charge in [-0.25, -0.2) is 0 Å². The number of halogens is 2. The van der Waals surface area contributed by atoms with Crippen molar-refractivity contribution in [3.05, 3.63) is 39.9 Å².